The Labute approximate surface area is 237 Å². The van der Waals surface area contributed by atoms with E-state index in [1.807, 2.05) is 19.1 Å². The van der Waals surface area contributed by atoms with Crippen LogP contribution in [0.1, 0.15) is 39.9 Å². The minimum atomic E-state index is -2.71. The molecule has 0 saturated carbocycles. The topological polar surface area (TPSA) is 102 Å². The Bertz CT molecular complexity index is 1530. The summed E-state index contributed by atoms with van der Waals surface area (Å²) in [5.41, 5.74) is 11.4. The molecule has 2 aliphatic heterocycles. The molecule has 3 aliphatic rings. The van der Waals surface area contributed by atoms with Gasteiger partial charge in [0.15, 0.2) is 0 Å². The molecule has 0 bridgehead atoms. The third-order valence-corrected chi connectivity index (χ3v) is 14.9. The van der Waals surface area contributed by atoms with Crippen molar-refractivity contribution in [2.75, 3.05) is 28.3 Å². The van der Waals surface area contributed by atoms with Gasteiger partial charge in [-0.1, -0.05) is 0 Å². The molecular weight excluding hydrogens is 567 g/mol. The number of methoxy groups -OCH3 is 1. The summed E-state index contributed by atoms with van der Waals surface area (Å²) in [5.74, 6) is 3.95. The van der Waals surface area contributed by atoms with Gasteiger partial charge in [0.2, 0.25) is 0 Å². The molecule has 2 aromatic rings. The van der Waals surface area contributed by atoms with E-state index >= 15 is 0 Å². The van der Waals surface area contributed by atoms with E-state index in [1.54, 1.807) is 19.2 Å². The van der Waals surface area contributed by atoms with Gasteiger partial charge in [-0.3, -0.25) is 0 Å². The van der Waals surface area contributed by atoms with E-state index in [9.17, 15) is 14.4 Å². The molecule has 2 heterocycles. The second-order valence-electron chi connectivity index (χ2n) is 10.5. The maximum atomic E-state index is 12.8. The summed E-state index contributed by atoms with van der Waals surface area (Å²) in [6, 6.07) is 11.7. The van der Waals surface area contributed by atoms with Gasteiger partial charge in [0, 0.05) is 0 Å². The van der Waals surface area contributed by atoms with Gasteiger partial charge in [0.25, 0.3) is 0 Å². The number of hydrogen-bond donors (Lipinski definition) is 1. The van der Waals surface area contributed by atoms with Crippen LogP contribution in [0.3, 0.4) is 0 Å². The summed E-state index contributed by atoms with van der Waals surface area (Å²) >= 11 is -2.71. The SMILES string of the molecule is CN.COc1ccc2[c](c1)[Ge]([CH3])([CH3])[C]1=CC(=[N+](C)C)C=CC1=C2c1ccc(C(=O)ON2C(=O)CCC2=O)cc1C. The number of nitrogens with zero attached hydrogens (tertiary/aromatic N) is 2. The van der Waals surface area contributed by atoms with Gasteiger partial charge in [0.05, 0.1) is 0 Å². The number of hydroxylamine groups is 2. The van der Waals surface area contributed by atoms with Gasteiger partial charge >= 0.3 is 225 Å². The molecule has 0 spiro atoms. The Morgan fingerprint density at radius 2 is 1.62 bits per heavy atom. The van der Waals surface area contributed by atoms with E-state index in [4.69, 9.17) is 9.57 Å². The van der Waals surface area contributed by atoms with Crippen LogP contribution in [0.25, 0.3) is 5.57 Å². The summed E-state index contributed by atoms with van der Waals surface area (Å²) in [7, 11) is 7.30. The number of allylic oxidation sites excluding steroid dienone is 5. The quantitative estimate of drug-likeness (QED) is 0.327. The molecular formula is C31H36GeN3O5+. The zero-order valence-corrected chi connectivity index (χ0v) is 26.2. The second-order valence-corrected chi connectivity index (χ2v) is 19.6. The fraction of sp³-hybridized carbons (Fsp3) is 0.290. The van der Waals surface area contributed by atoms with Crippen molar-refractivity contribution in [3.05, 3.63) is 86.9 Å². The summed E-state index contributed by atoms with van der Waals surface area (Å²) < 4.78 is 10.5. The molecule has 0 aromatic heterocycles. The van der Waals surface area contributed by atoms with Crippen LogP contribution in [0.4, 0.5) is 0 Å². The number of nitrogens with two attached hydrogens (primary N) is 1. The first-order chi connectivity index (χ1) is 19.0. The Morgan fingerprint density at radius 1 is 0.975 bits per heavy atom. The van der Waals surface area contributed by atoms with Crippen LogP contribution in [-0.4, -0.2) is 74.7 Å². The van der Waals surface area contributed by atoms with Crippen molar-refractivity contribution < 1.29 is 28.5 Å². The molecule has 2 amide bonds. The molecule has 1 fully saturated rings. The Morgan fingerprint density at radius 3 is 2.23 bits per heavy atom. The fourth-order valence-electron chi connectivity index (χ4n) is 5.38. The van der Waals surface area contributed by atoms with E-state index in [2.05, 4.69) is 66.3 Å². The predicted molar refractivity (Wildman–Crippen MR) is 158 cm³/mol. The summed E-state index contributed by atoms with van der Waals surface area (Å²) in [4.78, 5) is 41.7. The first kappa shape index (κ1) is 29.2. The van der Waals surface area contributed by atoms with Crippen molar-refractivity contribution in [1.29, 1.82) is 0 Å². The van der Waals surface area contributed by atoms with E-state index in [1.165, 1.54) is 27.0 Å². The molecule has 208 valence electrons. The van der Waals surface area contributed by atoms with Gasteiger partial charge < -0.3 is 5.73 Å². The monoisotopic (exact) mass is 604 g/mol. The number of ether oxygens (including phenoxy) is 1. The van der Waals surface area contributed by atoms with E-state index in [0.29, 0.717) is 5.06 Å². The van der Waals surface area contributed by atoms with Crippen molar-refractivity contribution in [3.63, 3.8) is 0 Å². The van der Waals surface area contributed by atoms with Crippen molar-refractivity contribution in [2.45, 2.75) is 31.3 Å². The number of rotatable bonds is 4. The van der Waals surface area contributed by atoms with Crippen molar-refractivity contribution in [2.24, 2.45) is 5.73 Å². The van der Waals surface area contributed by atoms with E-state index in [0.717, 1.165) is 28.2 Å². The molecule has 2 N–H and O–H groups in total. The van der Waals surface area contributed by atoms with Gasteiger partial charge in [-0.2, -0.15) is 0 Å². The molecule has 0 atom stereocenters. The molecule has 40 heavy (non-hydrogen) atoms. The van der Waals surface area contributed by atoms with Crippen molar-refractivity contribution in [1.82, 2.24) is 5.06 Å². The van der Waals surface area contributed by atoms with Crippen LogP contribution >= 0.6 is 0 Å². The number of carbonyl (C=O) groups excluding carboxylic acids is 3. The summed E-state index contributed by atoms with van der Waals surface area (Å²) in [5, 5.41) is 0.581. The van der Waals surface area contributed by atoms with Crippen molar-refractivity contribution in [3.8, 4) is 5.75 Å². The number of fused-ring (bicyclic) bond motifs is 2. The van der Waals surface area contributed by atoms with Crippen LogP contribution in [0, 0.1) is 6.92 Å². The minimum absolute atomic E-state index is 0.0579. The third-order valence-electron chi connectivity index (χ3n) is 7.54. The van der Waals surface area contributed by atoms with Crippen molar-refractivity contribution >= 4 is 46.7 Å². The Balaban J connectivity index is 0.00000181. The van der Waals surface area contributed by atoms with Crippen LogP contribution in [0.5, 0.6) is 5.75 Å². The first-order valence-electron chi connectivity index (χ1n) is 13.2. The van der Waals surface area contributed by atoms with E-state index < -0.39 is 31.0 Å². The second kappa shape index (κ2) is 11.4. The normalized spacial score (nSPS) is 17.1. The van der Waals surface area contributed by atoms with Crippen LogP contribution in [0.2, 0.25) is 11.5 Å². The van der Waals surface area contributed by atoms with Gasteiger partial charge in [0.1, 0.15) is 0 Å². The Hall–Kier alpha value is -3.76. The maximum absolute atomic E-state index is 12.8. The zero-order chi connectivity index (χ0) is 29.4. The summed E-state index contributed by atoms with van der Waals surface area (Å²) in [6.07, 6.45) is 6.80. The molecule has 2 aromatic carbocycles. The zero-order valence-electron chi connectivity index (χ0n) is 24.1. The van der Waals surface area contributed by atoms with Crippen LogP contribution < -0.4 is 14.9 Å². The average molecular weight is 603 g/mol. The average Bonchev–Trinajstić information content (AvgIpc) is 3.26. The van der Waals surface area contributed by atoms with Crippen LogP contribution in [-0.2, 0) is 14.4 Å². The molecule has 0 unspecified atom stereocenters. The fourth-order valence-corrected chi connectivity index (χ4v) is 11.8. The molecule has 5 rings (SSSR count). The van der Waals surface area contributed by atoms with Gasteiger partial charge in [-0.25, -0.2) is 0 Å². The number of hydrogen-bond acceptors (Lipinski definition) is 6. The number of carbonyl (C=O) groups is 3. The molecule has 9 heteroatoms. The van der Waals surface area contributed by atoms with Crippen LogP contribution in [0.15, 0.2) is 64.6 Å². The van der Waals surface area contributed by atoms with Gasteiger partial charge in [-0.15, -0.1) is 0 Å². The molecule has 8 nitrogen and oxygen atoms in total. The predicted octanol–water partition coefficient (Wildman–Crippen LogP) is 3.28. The number of benzene rings is 2. The molecule has 1 aliphatic carbocycles. The number of imide groups is 1. The van der Waals surface area contributed by atoms with E-state index in [-0.39, 0.29) is 18.4 Å². The molecule has 1 saturated heterocycles. The van der Waals surface area contributed by atoms with Gasteiger partial charge in [-0.05, 0) is 7.05 Å². The molecule has 0 radical (unpaired) electrons. The number of aryl methyl sites for hydroxylation is 1. The summed E-state index contributed by atoms with van der Waals surface area (Å²) in [6.45, 7) is 1.96. The standard InChI is InChI=1S/C30H31GeN2O5.CH5N/c1-18-15-19(30(36)38-33-27(34)13-14-28(33)35)7-10-22(18)29-23-11-8-20(32(4)5)16-25(23)31(2,3)26-17-21(37-6)9-12-24(26)29;1-2/h7-12,15-17H,13-14H2,1-6H3;2H2,1H3/q+1;. The first-order valence-corrected chi connectivity index (χ1v) is 19.5. The Kier molecular flexibility index (Phi) is 8.32. The number of amides is 2. The third kappa shape index (κ3) is 5.09.